The summed E-state index contributed by atoms with van der Waals surface area (Å²) in [6, 6.07) is 5.91. The van der Waals surface area contributed by atoms with Crippen LogP contribution in [0.5, 0.6) is 0 Å². The molecule has 0 saturated heterocycles. The number of nitrogens with zero attached hydrogens (tertiary/aromatic N) is 1. The molecular weight excluding hydrogens is 178 g/mol. The Morgan fingerprint density at radius 3 is 2.93 bits per heavy atom. The molecular formula is C11H13NO2. The second kappa shape index (κ2) is 3.01. The quantitative estimate of drug-likeness (QED) is 0.733. The van der Waals surface area contributed by atoms with Crippen molar-refractivity contribution in [3.05, 3.63) is 29.3 Å². The van der Waals surface area contributed by atoms with Crippen LogP contribution in [0, 0.1) is 6.92 Å². The second-order valence-corrected chi connectivity index (χ2v) is 3.78. The third kappa shape index (κ3) is 1.16. The summed E-state index contributed by atoms with van der Waals surface area (Å²) < 4.78 is 0. The summed E-state index contributed by atoms with van der Waals surface area (Å²) in [6.45, 7) is 2.55. The molecule has 1 N–H and O–H groups in total. The van der Waals surface area contributed by atoms with Crippen LogP contribution in [-0.2, 0) is 4.79 Å². The molecule has 1 aromatic carbocycles. The van der Waals surface area contributed by atoms with E-state index in [0.29, 0.717) is 6.54 Å². The predicted octanol–water partition coefficient (Wildman–Crippen LogP) is 1.61. The lowest BCUT2D eigenvalue weighted by atomic mass is 9.97. The van der Waals surface area contributed by atoms with Crippen LogP contribution in [0.4, 0.5) is 5.69 Å². The number of hydrogen-bond acceptors (Lipinski definition) is 2. The first-order valence-electron chi connectivity index (χ1n) is 4.64. The van der Waals surface area contributed by atoms with Crippen molar-refractivity contribution in [2.75, 3.05) is 18.5 Å². The lowest BCUT2D eigenvalue weighted by Gasteiger charge is -2.11. The second-order valence-electron chi connectivity index (χ2n) is 3.78. The van der Waals surface area contributed by atoms with Crippen LogP contribution in [0.3, 0.4) is 0 Å². The number of benzene rings is 1. The number of hydrogen-bond donors (Lipinski definition) is 1. The van der Waals surface area contributed by atoms with E-state index in [2.05, 4.69) is 0 Å². The molecule has 1 aromatic rings. The summed E-state index contributed by atoms with van der Waals surface area (Å²) in [6.07, 6.45) is 0. The number of likely N-dealkylation sites (N-methyl/N-ethyl adjacent to an activating group) is 1. The summed E-state index contributed by atoms with van der Waals surface area (Å²) in [4.78, 5) is 13.0. The Bertz CT molecular complexity index is 387. The minimum atomic E-state index is -0.732. The fourth-order valence-electron chi connectivity index (χ4n) is 2.12. The highest BCUT2D eigenvalue weighted by Gasteiger charge is 2.32. The molecule has 1 aliphatic rings. The van der Waals surface area contributed by atoms with Crippen LogP contribution >= 0.6 is 0 Å². The van der Waals surface area contributed by atoms with Gasteiger partial charge < -0.3 is 10.0 Å². The van der Waals surface area contributed by atoms with Crippen LogP contribution in [0.2, 0.25) is 0 Å². The Morgan fingerprint density at radius 2 is 2.29 bits per heavy atom. The van der Waals surface area contributed by atoms with Gasteiger partial charge in [-0.2, -0.15) is 0 Å². The number of carboxylic acids is 1. The molecule has 0 aliphatic carbocycles. The molecule has 74 valence electrons. The van der Waals surface area contributed by atoms with Crippen molar-refractivity contribution in [2.45, 2.75) is 12.8 Å². The summed E-state index contributed by atoms with van der Waals surface area (Å²) in [7, 11) is 1.93. The van der Waals surface area contributed by atoms with Crippen molar-refractivity contribution in [2.24, 2.45) is 0 Å². The van der Waals surface area contributed by atoms with Gasteiger partial charge in [0.25, 0.3) is 0 Å². The predicted molar refractivity (Wildman–Crippen MR) is 54.8 cm³/mol. The number of rotatable bonds is 1. The number of carboxylic acid groups (broad SMARTS) is 1. The highest BCUT2D eigenvalue weighted by molar-refractivity contribution is 5.83. The molecule has 1 heterocycles. The highest BCUT2D eigenvalue weighted by Crippen LogP contribution is 2.37. The van der Waals surface area contributed by atoms with Gasteiger partial charge in [-0.1, -0.05) is 12.1 Å². The number of anilines is 1. The van der Waals surface area contributed by atoms with E-state index >= 15 is 0 Å². The maximum Gasteiger partial charge on any atom is 0.312 e. The number of carbonyl (C=O) groups is 1. The average molecular weight is 191 g/mol. The Morgan fingerprint density at radius 1 is 1.57 bits per heavy atom. The minimum Gasteiger partial charge on any atom is -0.481 e. The molecule has 1 atom stereocenters. The molecule has 0 spiro atoms. The molecule has 0 fully saturated rings. The van der Waals surface area contributed by atoms with E-state index in [4.69, 9.17) is 5.11 Å². The van der Waals surface area contributed by atoms with Gasteiger partial charge in [0.1, 0.15) is 5.92 Å². The van der Waals surface area contributed by atoms with E-state index in [1.54, 1.807) is 0 Å². The molecule has 14 heavy (non-hydrogen) atoms. The largest absolute Gasteiger partial charge is 0.481 e. The Labute approximate surface area is 83.0 Å². The average Bonchev–Trinajstić information content (AvgIpc) is 2.46. The van der Waals surface area contributed by atoms with Crippen molar-refractivity contribution in [1.82, 2.24) is 0 Å². The van der Waals surface area contributed by atoms with E-state index in [9.17, 15) is 4.79 Å². The monoisotopic (exact) mass is 191 g/mol. The molecule has 3 heteroatoms. The van der Waals surface area contributed by atoms with Gasteiger partial charge in [-0.3, -0.25) is 4.79 Å². The van der Waals surface area contributed by atoms with E-state index in [1.165, 1.54) is 0 Å². The fraction of sp³-hybridized carbons (Fsp3) is 0.364. The van der Waals surface area contributed by atoms with Crippen LogP contribution in [0.1, 0.15) is 17.0 Å². The lowest BCUT2D eigenvalue weighted by molar-refractivity contribution is -0.138. The topological polar surface area (TPSA) is 40.5 Å². The zero-order chi connectivity index (χ0) is 10.3. The summed E-state index contributed by atoms with van der Waals surface area (Å²) >= 11 is 0. The first kappa shape index (κ1) is 9.06. The van der Waals surface area contributed by atoms with Crippen molar-refractivity contribution >= 4 is 11.7 Å². The third-order valence-corrected chi connectivity index (χ3v) is 2.82. The zero-order valence-electron chi connectivity index (χ0n) is 8.32. The molecule has 1 unspecified atom stereocenters. The molecule has 0 radical (unpaired) electrons. The van der Waals surface area contributed by atoms with Gasteiger partial charge in [0.05, 0.1) is 0 Å². The SMILES string of the molecule is Cc1cccc2c1C(C(=O)O)CN2C. The van der Waals surface area contributed by atoms with Gasteiger partial charge in [0.2, 0.25) is 0 Å². The van der Waals surface area contributed by atoms with Gasteiger partial charge in [0.15, 0.2) is 0 Å². The number of aryl methyl sites for hydroxylation is 1. The van der Waals surface area contributed by atoms with Crippen molar-refractivity contribution in [1.29, 1.82) is 0 Å². The Kier molecular flexibility index (Phi) is 1.95. The number of aliphatic carboxylic acids is 1. The van der Waals surface area contributed by atoms with Crippen LogP contribution in [0.15, 0.2) is 18.2 Å². The zero-order valence-corrected chi connectivity index (χ0v) is 8.32. The van der Waals surface area contributed by atoms with Gasteiger partial charge in [-0.15, -0.1) is 0 Å². The summed E-state index contributed by atoms with van der Waals surface area (Å²) in [5.74, 6) is -1.10. The number of fused-ring (bicyclic) bond motifs is 1. The molecule has 0 aromatic heterocycles. The lowest BCUT2D eigenvalue weighted by Crippen LogP contribution is -2.20. The van der Waals surface area contributed by atoms with Gasteiger partial charge >= 0.3 is 5.97 Å². The first-order valence-corrected chi connectivity index (χ1v) is 4.64. The van der Waals surface area contributed by atoms with Gasteiger partial charge in [-0.05, 0) is 24.1 Å². The van der Waals surface area contributed by atoms with Crippen LogP contribution < -0.4 is 4.90 Å². The first-order chi connectivity index (χ1) is 6.61. The van der Waals surface area contributed by atoms with Gasteiger partial charge in [-0.25, -0.2) is 0 Å². The molecule has 2 rings (SSSR count). The van der Waals surface area contributed by atoms with Crippen molar-refractivity contribution in [3.63, 3.8) is 0 Å². The molecule has 1 aliphatic heterocycles. The van der Waals surface area contributed by atoms with Crippen LogP contribution in [-0.4, -0.2) is 24.7 Å². The highest BCUT2D eigenvalue weighted by atomic mass is 16.4. The Hall–Kier alpha value is -1.51. The third-order valence-electron chi connectivity index (χ3n) is 2.82. The molecule has 0 amide bonds. The van der Waals surface area contributed by atoms with Crippen molar-refractivity contribution in [3.8, 4) is 0 Å². The molecule has 0 bridgehead atoms. The summed E-state index contributed by atoms with van der Waals surface area (Å²) in [5.41, 5.74) is 3.10. The van der Waals surface area contributed by atoms with Crippen molar-refractivity contribution < 1.29 is 9.90 Å². The van der Waals surface area contributed by atoms with E-state index in [0.717, 1.165) is 16.8 Å². The molecule has 0 saturated carbocycles. The fourth-order valence-corrected chi connectivity index (χ4v) is 2.12. The van der Waals surface area contributed by atoms with Crippen LogP contribution in [0.25, 0.3) is 0 Å². The normalized spacial score (nSPS) is 19.6. The maximum absolute atomic E-state index is 11.0. The maximum atomic E-state index is 11.0. The standard InChI is InChI=1S/C11H13NO2/c1-7-4-3-5-9-10(7)8(11(13)14)6-12(9)2/h3-5,8H,6H2,1-2H3,(H,13,14). The minimum absolute atomic E-state index is 0.365. The van der Waals surface area contributed by atoms with E-state index in [-0.39, 0.29) is 5.92 Å². The van der Waals surface area contributed by atoms with E-state index in [1.807, 2.05) is 37.1 Å². The smallest absolute Gasteiger partial charge is 0.312 e. The summed E-state index contributed by atoms with van der Waals surface area (Å²) in [5, 5.41) is 9.08. The van der Waals surface area contributed by atoms with Gasteiger partial charge in [0, 0.05) is 19.3 Å². The Balaban J connectivity index is 2.56. The van der Waals surface area contributed by atoms with E-state index < -0.39 is 5.97 Å². The molecule has 3 nitrogen and oxygen atoms in total.